The predicted octanol–water partition coefficient (Wildman–Crippen LogP) is 4.21. The molecule has 0 unspecified atom stereocenters. The summed E-state index contributed by atoms with van der Waals surface area (Å²) in [5.74, 6) is -1.51. The van der Waals surface area contributed by atoms with Crippen LogP contribution >= 0.6 is 0 Å². The minimum Gasteiger partial charge on any atom is -0.478 e. The molecule has 0 aliphatic heterocycles. The highest BCUT2D eigenvalue weighted by Crippen LogP contribution is 2.15. The lowest BCUT2D eigenvalue weighted by atomic mass is 10.1. The average Bonchev–Trinajstić information content (AvgIpc) is 2.73. The van der Waals surface area contributed by atoms with E-state index in [1.807, 2.05) is 30.3 Å². The molecule has 0 aliphatic carbocycles. The first kappa shape index (κ1) is 19.8. The number of anilines is 2. The Morgan fingerprint density at radius 1 is 0.724 bits per heavy atom. The summed E-state index contributed by atoms with van der Waals surface area (Å²) in [6.45, 7) is 0. The molecular formula is C23H20N2O4. The van der Waals surface area contributed by atoms with E-state index in [2.05, 4.69) is 10.6 Å². The number of hydrogen-bond acceptors (Lipinski definition) is 3. The molecular weight excluding hydrogens is 368 g/mol. The first-order valence-electron chi connectivity index (χ1n) is 9.10. The monoisotopic (exact) mass is 388 g/mol. The zero-order chi connectivity index (χ0) is 20.6. The topological polar surface area (TPSA) is 95.5 Å². The minimum atomic E-state index is -1.03. The lowest BCUT2D eigenvalue weighted by Gasteiger charge is -2.09. The molecule has 3 rings (SSSR count). The Morgan fingerprint density at radius 3 is 2.14 bits per heavy atom. The van der Waals surface area contributed by atoms with Crippen molar-refractivity contribution in [3.05, 3.63) is 95.6 Å². The van der Waals surface area contributed by atoms with Crippen LogP contribution in [0.15, 0.2) is 78.9 Å². The van der Waals surface area contributed by atoms with Gasteiger partial charge in [-0.05, 0) is 54.4 Å². The number of hydrogen-bond donors (Lipinski definition) is 3. The standard InChI is InChI=1S/C23H20N2O4/c26-21(14-9-16-5-2-1-3-6-16)24-20-8-4-7-18(15-20)22(27)25-19-12-10-17(11-13-19)23(28)29/h1-8,10-13,15H,9,14H2,(H,24,26)(H,25,27)(H,28,29). The molecule has 0 atom stereocenters. The van der Waals surface area contributed by atoms with E-state index in [-0.39, 0.29) is 17.4 Å². The van der Waals surface area contributed by atoms with Gasteiger partial charge in [-0.15, -0.1) is 0 Å². The molecule has 3 aromatic rings. The molecule has 146 valence electrons. The molecule has 0 saturated carbocycles. The van der Waals surface area contributed by atoms with Crippen molar-refractivity contribution in [2.24, 2.45) is 0 Å². The van der Waals surface area contributed by atoms with Crippen molar-refractivity contribution < 1.29 is 19.5 Å². The molecule has 0 aliphatic rings. The van der Waals surface area contributed by atoms with Crippen molar-refractivity contribution in [2.45, 2.75) is 12.8 Å². The molecule has 0 spiro atoms. The first-order chi connectivity index (χ1) is 14.0. The second-order valence-corrected chi connectivity index (χ2v) is 6.45. The highest BCUT2D eigenvalue weighted by Gasteiger charge is 2.10. The Kier molecular flexibility index (Phi) is 6.37. The molecule has 0 heterocycles. The maximum atomic E-state index is 12.4. The fourth-order valence-electron chi connectivity index (χ4n) is 2.76. The number of nitrogens with one attached hydrogen (secondary N) is 2. The highest BCUT2D eigenvalue weighted by molar-refractivity contribution is 6.05. The number of aryl methyl sites for hydroxylation is 1. The summed E-state index contributed by atoms with van der Waals surface area (Å²) in [6, 6.07) is 22.3. The number of amides is 2. The van der Waals surface area contributed by atoms with Gasteiger partial charge in [0.1, 0.15) is 0 Å². The number of aromatic carboxylic acids is 1. The minimum absolute atomic E-state index is 0.129. The molecule has 0 saturated heterocycles. The van der Waals surface area contributed by atoms with Gasteiger partial charge in [-0.25, -0.2) is 4.79 Å². The number of rotatable bonds is 7. The van der Waals surface area contributed by atoms with Gasteiger partial charge in [0.15, 0.2) is 0 Å². The van der Waals surface area contributed by atoms with Crippen molar-refractivity contribution in [1.29, 1.82) is 0 Å². The third kappa shape index (κ3) is 5.77. The first-order valence-corrected chi connectivity index (χ1v) is 9.10. The highest BCUT2D eigenvalue weighted by atomic mass is 16.4. The summed E-state index contributed by atoms with van der Waals surface area (Å²) in [5.41, 5.74) is 2.63. The number of benzene rings is 3. The van der Waals surface area contributed by atoms with E-state index >= 15 is 0 Å². The van der Waals surface area contributed by atoms with E-state index in [1.54, 1.807) is 24.3 Å². The van der Waals surface area contributed by atoms with Gasteiger partial charge in [-0.3, -0.25) is 9.59 Å². The maximum Gasteiger partial charge on any atom is 0.335 e. The van der Waals surface area contributed by atoms with Crippen molar-refractivity contribution in [3.8, 4) is 0 Å². The fourth-order valence-corrected chi connectivity index (χ4v) is 2.76. The molecule has 2 amide bonds. The van der Waals surface area contributed by atoms with Crippen LogP contribution in [0, 0.1) is 0 Å². The zero-order valence-electron chi connectivity index (χ0n) is 15.6. The Balaban J connectivity index is 1.58. The molecule has 0 aromatic heterocycles. The largest absolute Gasteiger partial charge is 0.478 e. The summed E-state index contributed by atoms with van der Waals surface area (Å²) < 4.78 is 0. The van der Waals surface area contributed by atoms with Crippen molar-refractivity contribution >= 4 is 29.2 Å². The van der Waals surface area contributed by atoms with Crippen LogP contribution < -0.4 is 10.6 Å². The van der Waals surface area contributed by atoms with Crippen LogP contribution in [0.25, 0.3) is 0 Å². The lowest BCUT2D eigenvalue weighted by Crippen LogP contribution is -2.15. The Bertz CT molecular complexity index is 1010. The summed E-state index contributed by atoms with van der Waals surface area (Å²) in [7, 11) is 0. The summed E-state index contributed by atoms with van der Waals surface area (Å²) in [5, 5.41) is 14.4. The third-order valence-corrected chi connectivity index (χ3v) is 4.28. The Hall–Kier alpha value is -3.93. The van der Waals surface area contributed by atoms with Gasteiger partial charge in [-0.1, -0.05) is 36.4 Å². The van der Waals surface area contributed by atoms with Crippen LogP contribution in [0.5, 0.6) is 0 Å². The van der Waals surface area contributed by atoms with Crippen LogP contribution in [0.2, 0.25) is 0 Å². The Morgan fingerprint density at radius 2 is 1.45 bits per heavy atom. The molecule has 6 nitrogen and oxygen atoms in total. The average molecular weight is 388 g/mol. The summed E-state index contributed by atoms with van der Waals surface area (Å²) in [4.78, 5) is 35.5. The quantitative estimate of drug-likeness (QED) is 0.565. The lowest BCUT2D eigenvalue weighted by molar-refractivity contribution is -0.116. The molecule has 3 N–H and O–H groups in total. The van der Waals surface area contributed by atoms with E-state index in [1.165, 1.54) is 24.3 Å². The SMILES string of the molecule is O=C(CCc1ccccc1)Nc1cccc(C(=O)Nc2ccc(C(=O)O)cc2)c1. The van der Waals surface area contributed by atoms with Gasteiger partial charge in [0, 0.05) is 23.4 Å². The van der Waals surface area contributed by atoms with Crippen molar-refractivity contribution in [2.75, 3.05) is 10.6 Å². The molecule has 0 bridgehead atoms. The maximum absolute atomic E-state index is 12.4. The predicted molar refractivity (Wildman–Crippen MR) is 111 cm³/mol. The number of carboxylic acids is 1. The summed E-state index contributed by atoms with van der Waals surface area (Å²) in [6.07, 6.45) is 0.982. The van der Waals surface area contributed by atoms with E-state index < -0.39 is 5.97 Å². The van der Waals surface area contributed by atoms with Crippen LogP contribution in [-0.2, 0) is 11.2 Å². The van der Waals surface area contributed by atoms with E-state index in [4.69, 9.17) is 5.11 Å². The van der Waals surface area contributed by atoms with Crippen LogP contribution in [0.4, 0.5) is 11.4 Å². The van der Waals surface area contributed by atoms with Crippen molar-refractivity contribution in [3.63, 3.8) is 0 Å². The van der Waals surface area contributed by atoms with Crippen LogP contribution in [0.1, 0.15) is 32.7 Å². The molecule has 6 heteroatoms. The molecule has 0 radical (unpaired) electrons. The van der Waals surface area contributed by atoms with Gasteiger partial charge in [0.05, 0.1) is 5.56 Å². The van der Waals surface area contributed by atoms with Crippen LogP contribution in [0.3, 0.4) is 0 Å². The van der Waals surface area contributed by atoms with Gasteiger partial charge in [-0.2, -0.15) is 0 Å². The molecule has 3 aromatic carbocycles. The van der Waals surface area contributed by atoms with Crippen LogP contribution in [-0.4, -0.2) is 22.9 Å². The van der Waals surface area contributed by atoms with Gasteiger partial charge in [0.2, 0.25) is 5.91 Å². The van der Waals surface area contributed by atoms with Gasteiger partial charge < -0.3 is 15.7 Å². The second-order valence-electron chi connectivity index (χ2n) is 6.45. The normalized spacial score (nSPS) is 10.2. The van der Waals surface area contributed by atoms with E-state index in [0.29, 0.717) is 29.8 Å². The third-order valence-electron chi connectivity index (χ3n) is 4.28. The zero-order valence-corrected chi connectivity index (χ0v) is 15.6. The fraction of sp³-hybridized carbons (Fsp3) is 0.0870. The smallest absolute Gasteiger partial charge is 0.335 e. The summed E-state index contributed by atoms with van der Waals surface area (Å²) >= 11 is 0. The number of carbonyl (C=O) groups is 3. The Labute approximate surface area is 168 Å². The number of carbonyl (C=O) groups excluding carboxylic acids is 2. The van der Waals surface area contributed by atoms with Gasteiger partial charge in [0.25, 0.3) is 5.91 Å². The van der Waals surface area contributed by atoms with E-state index in [0.717, 1.165) is 5.56 Å². The van der Waals surface area contributed by atoms with Gasteiger partial charge >= 0.3 is 5.97 Å². The molecule has 0 fully saturated rings. The number of carboxylic acid groups (broad SMARTS) is 1. The van der Waals surface area contributed by atoms with Crippen molar-refractivity contribution in [1.82, 2.24) is 0 Å². The second kappa shape index (κ2) is 9.32. The molecule has 29 heavy (non-hydrogen) atoms. The van der Waals surface area contributed by atoms with E-state index in [9.17, 15) is 14.4 Å².